The van der Waals surface area contributed by atoms with E-state index in [1.54, 1.807) is 30.3 Å². The Kier molecular flexibility index (Phi) is 8.35. The van der Waals surface area contributed by atoms with Gasteiger partial charge in [0.25, 0.3) is 0 Å². The molecule has 2 aromatic carbocycles. The average molecular weight is 442 g/mol. The summed E-state index contributed by atoms with van der Waals surface area (Å²) in [5.41, 5.74) is 5.19. The Morgan fingerprint density at radius 3 is 2.03 bits per heavy atom. The first-order valence-electron chi connectivity index (χ1n) is 8.35. The number of carbonyl (C=O) groups excluding carboxylic acids is 3. The molecule has 8 nitrogen and oxygen atoms in total. The molecule has 0 heterocycles. The fourth-order valence-electron chi connectivity index (χ4n) is 2.02. The van der Waals surface area contributed by atoms with Crippen molar-refractivity contribution in [2.45, 2.75) is 6.36 Å². The zero-order valence-electron chi connectivity index (χ0n) is 15.3. The van der Waals surface area contributed by atoms with Gasteiger partial charge in [-0.05, 0) is 36.4 Å². The van der Waals surface area contributed by atoms with Crippen LogP contribution in [-0.2, 0) is 9.59 Å². The zero-order chi connectivity index (χ0) is 22.0. The maximum absolute atomic E-state index is 12.1. The summed E-state index contributed by atoms with van der Waals surface area (Å²) in [4.78, 5) is 35.1. The van der Waals surface area contributed by atoms with Crippen molar-refractivity contribution < 1.29 is 32.3 Å². The Morgan fingerprint density at radius 2 is 1.40 bits per heavy atom. The summed E-state index contributed by atoms with van der Waals surface area (Å²) >= 11 is 0.986. The molecule has 0 aliphatic carbocycles. The number of urea groups is 1. The van der Waals surface area contributed by atoms with E-state index in [2.05, 4.69) is 26.2 Å². The summed E-state index contributed by atoms with van der Waals surface area (Å²) < 4.78 is 40.0. The van der Waals surface area contributed by atoms with Crippen molar-refractivity contribution in [1.82, 2.24) is 10.9 Å². The molecule has 2 rings (SSSR count). The summed E-state index contributed by atoms with van der Waals surface area (Å²) in [6.07, 6.45) is -4.79. The van der Waals surface area contributed by atoms with Gasteiger partial charge in [-0.15, -0.1) is 24.9 Å². The second-order valence-corrected chi connectivity index (χ2v) is 6.59. The van der Waals surface area contributed by atoms with Gasteiger partial charge in [0.1, 0.15) is 5.75 Å². The number of hydrogen-bond acceptors (Lipinski definition) is 5. The highest BCUT2D eigenvalue weighted by molar-refractivity contribution is 8.00. The molecule has 0 saturated carbocycles. The standard InChI is InChI=1S/C18H17F3N4O4S/c19-18(20,21)29-14-8-6-13(7-9-14)22-15(26)10-30-11-16(27)24-25-17(28)23-12-4-2-1-3-5-12/h1-9H,10-11H2,(H,22,26)(H,24,27)(H2,23,25,28). The van der Waals surface area contributed by atoms with E-state index in [4.69, 9.17) is 0 Å². The molecular weight excluding hydrogens is 425 g/mol. The van der Waals surface area contributed by atoms with Crippen molar-refractivity contribution in [3.05, 3.63) is 54.6 Å². The second kappa shape index (κ2) is 11.0. The van der Waals surface area contributed by atoms with Crippen LogP contribution < -0.4 is 26.2 Å². The maximum atomic E-state index is 12.1. The van der Waals surface area contributed by atoms with Gasteiger partial charge in [0.2, 0.25) is 11.8 Å². The van der Waals surface area contributed by atoms with Gasteiger partial charge < -0.3 is 15.4 Å². The van der Waals surface area contributed by atoms with E-state index >= 15 is 0 Å². The third-order valence-corrected chi connectivity index (χ3v) is 4.12. The summed E-state index contributed by atoms with van der Waals surface area (Å²) in [5, 5.41) is 4.98. The van der Waals surface area contributed by atoms with Crippen molar-refractivity contribution in [2.75, 3.05) is 22.1 Å². The van der Waals surface area contributed by atoms with Gasteiger partial charge in [-0.3, -0.25) is 15.0 Å². The maximum Gasteiger partial charge on any atom is 0.573 e. The number of alkyl halides is 3. The van der Waals surface area contributed by atoms with Crippen LogP contribution in [-0.4, -0.2) is 35.7 Å². The monoisotopic (exact) mass is 442 g/mol. The molecule has 12 heteroatoms. The van der Waals surface area contributed by atoms with Crippen LogP contribution in [0.1, 0.15) is 0 Å². The fraction of sp³-hybridized carbons (Fsp3) is 0.167. The minimum Gasteiger partial charge on any atom is -0.406 e. The minimum absolute atomic E-state index is 0.0789. The molecule has 0 radical (unpaired) electrons. The lowest BCUT2D eigenvalue weighted by molar-refractivity contribution is -0.274. The van der Waals surface area contributed by atoms with Crippen molar-refractivity contribution >= 4 is 41.0 Å². The number of benzene rings is 2. The largest absolute Gasteiger partial charge is 0.573 e. The van der Waals surface area contributed by atoms with E-state index in [0.717, 1.165) is 23.9 Å². The fourth-order valence-corrected chi connectivity index (χ4v) is 2.64. The van der Waals surface area contributed by atoms with Gasteiger partial charge in [0, 0.05) is 11.4 Å². The summed E-state index contributed by atoms with van der Waals surface area (Å²) in [5.74, 6) is -1.56. The highest BCUT2D eigenvalue weighted by Gasteiger charge is 2.30. The van der Waals surface area contributed by atoms with Gasteiger partial charge in [-0.1, -0.05) is 18.2 Å². The first-order valence-corrected chi connectivity index (χ1v) is 9.51. The molecule has 2 aromatic rings. The molecular formula is C18H17F3N4O4S. The number of thioether (sulfide) groups is 1. The third kappa shape index (κ3) is 9.19. The van der Waals surface area contributed by atoms with Gasteiger partial charge in [0.15, 0.2) is 0 Å². The Morgan fingerprint density at radius 1 is 0.800 bits per heavy atom. The van der Waals surface area contributed by atoms with Crippen LogP contribution in [0.4, 0.5) is 29.3 Å². The van der Waals surface area contributed by atoms with Gasteiger partial charge in [0.05, 0.1) is 11.5 Å². The van der Waals surface area contributed by atoms with Gasteiger partial charge >= 0.3 is 12.4 Å². The lowest BCUT2D eigenvalue weighted by atomic mass is 10.3. The van der Waals surface area contributed by atoms with Crippen LogP contribution in [0.5, 0.6) is 5.75 Å². The molecule has 0 aliphatic rings. The Balaban J connectivity index is 1.63. The Bertz CT molecular complexity index is 864. The number of amides is 4. The smallest absolute Gasteiger partial charge is 0.406 e. The molecule has 0 spiro atoms. The van der Waals surface area contributed by atoms with Gasteiger partial charge in [-0.2, -0.15) is 0 Å². The molecule has 160 valence electrons. The highest BCUT2D eigenvalue weighted by atomic mass is 32.2. The zero-order valence-corrected chi connectivity index (χ0v) is 16.1. The number of halogens is 3. The minimum atomic E-state index is -4.79. The van der Waals surface area contributed by atoms with Crippen molar-refractivity contribution in [3.63, 3.8) is 0 Å². The molecule has 0 saturated heterocycles. The van der Waals surface area contributed by atoms with Crippen LogP contribution >= 0.6 is 11.8 Å². The summed E-state index contributed by atoms with van der Waals surface area (Å²) in [7, 11) is 0. The number of anilines is 2. The van der Waals surface area contributed by atoms with Crippen molar-refractivity contribution in [1.29, 1.82) is 0 Å². The van der Waals surface area contributed by atoms with E-state index in [9.17, 15) is 27.6 Å². The Hall–Kier alpha value is -3.41. The van der Waals surface area contributed by atoms with Crippen molar-refractivity contribution in [2.24, 2.45) is 0 Å². The van der Waals surface area contributed by atoms with E-state index in [1.165, 1.54) is 12.1 Å². The van der Waals surface area contributed by atoms with Crippen LogP contribution in [0, 0.1) is 0 Å². The number of hydrazine groups is 1. The summed E-state index contributed by atoms with van der Waals surface area (Å²) in [6, 6.07) is 12.6. The third-order valence-electron chi connectivity index (χ3n) is 3.19. The number of carbonyl (C=O) groups is 3. The van der Waals surface area contributed by atoms with Crippen LogP contribution in [0.3, 0.4) is 0 Å². The topological polar surface area (TPSA) is 109 Å². The molecule has 0 fully saturated rings. The van der Waals surface area contributed by atoms with E-state index in [0.29, 0.717) is 5.69 Å². The lowest BCUT2D eigenvalue weighted by Crippen LogP contribution is -2.44. The SMILES string of the molecule is O=C(CSCC(=O)Nc1ccc(OC(F)(F)F)cc1)NNC(=O)Nc1ccccc1. The quantitative estimate of drug-likeness (QED) is 0.493. The number of para-hydroxylation sites is 1. The van der Waals surface area contributed by atoms with Crippen LogP contribution in [0.25, 0.3) is 0 Å². The number of rotatable bonds is 7. The lowest BCUT2D eigenvalue weighted by Gasteiger charge is -2.10. The predicted molar refractivity (Wildman–Crippen MR) is 106 cm³/mol. The van der Waals surface area contributed by atoms with Crippen LogP contribution in [0.15, 0.2) is 54.6 Å². The second-order valence-electron chi connectivity index (χ2n) is 5.61. The average Bonchev–Trinajstić information content (AvgIpc) is 2.67. The molecule has 30 heavy (non-hydrogen) atoms. The highest BCUT2D eigenvalue weighted by Crippen LogP contribution is 2.24. The number of ether oxygens (including phenoxy) is 1. The number of nitrogens with one attached hydrogen (secondary N) is 4. The number of hydrogen-bond donors (Lipinski definition) is 4. The molecule has 0 atom stereocenters. The van der Waals surface area contributed by atoms with Crippen LogP contribution in [0.2, 0.25) is 0 Å². The molecule has 0 aromatic heterocycles. The normalized spacial score (nSPS) is 10.6. The van der Waals surface area contributed by atoms with E-state index in [1.807, 2.05) is 0 Å². The predicted octanol–water partition coefficient (Wildman–Crippen LogP) is 3.11. The Labute approximate surface area is 173 Å². The molecule has 4 amide bonds. The van der Waals surface area contributed by atoms with E-state index in [-0.39, 0.29) is 17.2 Å². The molecule has 4 N–H and O–H groups in total. The molecule has 0 aliphatic heterocycles. The first kappa shape index (κ1) is 22.9. The van der Waals surface area contributed by atoms with Crippen molar-refractivity contribution in [3.8, 4) is 5.75 Å². The van der Waals surface area contributed by atoms with Gasteiger partial charge in [-0.25, -0.2) is 10.2 Å². The first-order chi connectivity index (χ1) is 14.2. The molecule has 0 bridgehead atoms. The van der Waals surface area contributed by atoms with E-state index < -0.39 is 30.0 Å². The molecule has 0 unspecified atom stereocenters. The summed E-state index contributed by atoms with van der Waals surface area (Å²) in [6.45, 7) is 0.